The second-order valence-corrected chi connectivity index (χ2v) is 7.50. The van der Waals surface area contributed by atoms with Gasteiger partial charge >= 0.3 is 5.69 Å². The fourth-order valence-electron chi connectivity index (χ4n) is 2.77. The number of nitrogens with zero attached hydrogens (tertiary/aromatic N) is 1. The summed E-state index contributed by atoms with van der Waals surface area (Å²) in [5.74, 6) is 0. The molecule has 1 aromatic carbocycles. The van der Waals surface area contributed by atoms with Crippen LogP contribution in [-0.4, -0.2) is 25.6 Å². The van der Waals surface area contributed by atoms with Crippen LogP contribution < -0.4 is 5.32 Å². The van der Waals surface area contributed by atoms with Gasteiger partial charge < -0.3 is 5.32 Å². The van der Waals surface area contributed by atoms with Crippen LogP contribution in [0.15, 0.2) is 23.1 Å². The van der Waals surface area contributed by atoms with Crippen molar-refractivity contribution in [1.29, 1.82) is 0 Å². The highest BCUT2D eigenvalue weighted by molar-refractivity contribution is 7.90. The van der Waals surface area contributed by atoms with E-state index in [-0.39, 0.29) is 16.6 Å². The van der Waals surface area contributed by atoms with Gasteiger partial charge in [0, 0.05) is 12.3 Å². The summed E-state index contributed by atoms with van der Waals surface area (Å²) in [5, 5.41) is 14.5. The molecular formula is C14H20N2O4S. The van der Waals surface area contributed by atoms with Gasteiger partial charge in [-0.05, 0) is 25.0 Å². The second kappa shape index (κ2) is 6.43. The van der Waals surface area contributed by atoms with Crippen molar-refractivity contribution in [2.24, 2.45) is 0 Å². The highest BCUT2D eigenvalue weighted by Crippen LogP contribution is 2.33. The van der Waals surface area contributed by atoms with Gasteiger partial charge in [0.2, 0.25) is 0 Å². The lowest BCUT2D eigenvalue weighted by molar-refractivity contribution is -0.386. The third-order valence-corrected chi connectivity index (χ3v) is 4.92. The van der Waals surface area contributed by atoms with Gasteiger partial charge in [0.05, 0.1) is 4.92 Å². The zero-order valence-corrected chi connectivity index (χ0v) is 12.9. The topological polar surface area (TPSA) is 89.3 Å². The van der Waals surface area contributed by atoms with Gasteiger partial charge in [-0.1, -0.05) is 31.7 Å². The van der Waals surface area contributed by atoms with Crippen molar-refractivity contribution in [3.8, 4) is 0 Å². The third kappa shape index (κ3) is 3.93. The standard InChI is InChI=1S/C14H20N2O4S/c1-21(19,20)13-10-6-9-12(14(13)16(17)18)15-11-7-4-2-3-5-8-11/h6,9-11,15H,2-5,7-8H2,1H3. The van der Waals surface area contributed by atoms with Crippen molar-refractivity contribution in [3.05, 3.63) is 28.3 Å². The van der Waals surface area contributed by atoms with E-state index in [1.54, 1.807) is 12.1 Å². The van der Waals surface area contributed by atoms with Crippen LogP contribution in [0, 0.1) is 10.1 Å². The predicted octanol–water partition coefficient (Wildman–Crippen LogP) is 3.13. The number of hydrogen-bond acceptors (Lipinski definition) is 5. The first-order valence-corrected chi connectivity index (χ1v) is 9.03. The monoisotopic (exact) mass is 312 g/mol. The maximum atomic E-state index is 11.7. The van der Waals surface area contributed by atoms with E-state index >= 15 is 0 Å². The molecule has 7 heteroatoms. The fraction of sp³-hybridized carbons (Fsp3) is 0.571. The first-order valence-electron chi connectivity index (χ1n) is 7.13. The molecule has 0 bridgehead atoms. The van der Waals surface area contributed by atoms with Crippen molar-refractivity contribution in [2.45, 2.75) is 49.5 Å². The number of para-hydroxylation sites is 1. The quantitative estimate of drug-likeness (QED) is 0.524. The summed E-state index contributed by atoms with van der Waals surface area (Å²) in [5.41, 5.74) is -0.0425. The highest BCUT2D eigenvalue weighted by Gasteiger charge is 2.27. The first-order chi connectivity index (χ1) is 9.89. The van der Waals surface area contributed by atoms with E-state index in [0.29, 0.717) is 5.69 Å². The number of nitrogens with one attached hydrogen (secondary N) is 1. The van der Waals surface area contributed by atoms with Crippen LogP contribution in [-0.2, 0) is 9.84 Å². The van der Waals surface area contributed by atoms with Crippen molar-refractivity contribution in [3.63, 3.8) is 0 Å². The molecule has 1 fully saturated rings. The average molecular weight is 312 g/mol. The van der Waals surface area contributed by atoms with Gasteiger partial charge in [-0.15, -0.1) is 0 Å². The lowest BCUT2D eigenvalue weighted by atomic mass is 10.1. The smallest absolute Gasteiger partial charge is 0.310 e. The molecule has 1 aromatic rings. The van der Waals surface area contributed by atoms with Crippen molar-refractivity contribution in [2.75, 3.05) is 11.6 Å². The molecule has 0 aromatic heterocycles. The molecule has 1 aliphatic carbocycles. The Morgan fingerprint density at radius 1 is 1.19 bits per heavy atom. The molecule has 0 saturated heterocycles. The summed E-state index contributed by atoms with van der Waals surface area (Å²) in [6.45, 7) is 0. The minimum Gasteiger partial charge on any atom is -0.377 e. The lowest BCUT2D eigenvalue weighted by Gasteiger charge is -2.18. The van der Waals surface area contributed by atoms with Crippen LogP contribution >= 0.6 is 0 Å². The Morgan fingerprint density at radius 2 is 1.81 bits per heavy atom. The third-order valence-electron chi connectivity index (χ3n) is 3.80. The Bertz CT molecular complexity index is 620. The van der Waals surface area contributed by atoms with Gasteiger partial charge in [0.1, 0.15) is 10.6 Å². The SMILES string of the molecule is CS(=O)(=O)c1cccc(NC2CCCCCC2)c1[N+](=O)[O-]. The molecule has 0 radical (unpaired) electrons. The molecule has 21 heavy (non-hydrogen) atoms. The summed E-state index contributed by atoms with van der Waals surface area (Å²) in [6.07, 6.45) is 7.47. The molecule has 2 rings (SSSR count). The van der Waals surface area contributed by atoms with E-state index in [1.165, 1.54) is 18.9 Å². The number of sulfone groups is 1. The molecule has 0 amide bonds. The van der Waals surface area contributed by atoms with Crippen molar-refractivity contribution in [1.82, 2.24) is 0 Å². The van der Waals surface area contributed by atoms with E-state index < -0.39 is 14.8 Å². The number of nitro benzene ring substituents is 1. The molecule has 0 atom stereocenters. The Labute approximate surface area is 124 Å². The minimum absolute atomic E-state index is 0.168. The maximum absolute atomic E-state index is 11.7. The van der Waals surface area contributed by atoms with Crippen LogP contribution in [0.4, 0.5) is 11.4 Å². The Kier molecular flexibility index (Phi) is 4.82. The molecule has 0 unspecified atom stereocenters. The minimum atomic E-state index is -3.63. The van der Waals surface area contributed by atoms with Gasteiger partial charge in [0.15, 0.2) is 9.84 Å². The van der Waals surface area contributed by atoms with Crippen LogP contribution in [0.5, 0.6) is 0 Å². The highest BCUT2D eigenvalue weighted by atomic mass is 32.2. The predicted molar refractivity (Wildman–Crippen MR) is 81.3 cm³/mol. The maximum Gasteiger partial charge on any atom is 0.310 e. The fourth-order valence-corrected chi connectivity index (χ4v) is 3.63. The summed E-state index contributed by atoms with van der Waals surface area (Å²) in [4.78, 5) is 10.5. The summed E-state index contributed by atoms with van der Waals surface area (Å²) in [7, 11) is -3.63. The van der Waals surface area contributed by atoms with E-state index in [4.69, 9.17) is 0 Å². The van der Waals surface area contributed by atoms with E-state index in [1.807, 2.05) is 0 Å². The lowest BCUT2D eigenvalue weighted by Crippen LogP contribution is -2.19. The molecule has 1 aliphatic rings. The number of rotatable bonds is 4. The Balaban J connectivity index is 2.36. The first kappa shape index (κ1) is 15.8. The van der Waals surface area contributed by atoms with Gasteiger partial charge in [-0.3, -0.25) is 10.1 Å². The molecule has 116 valence electrons. The van der Waals surface area contributed by atoms with Crippen molar-refractivity contribution < 1.29 is 13.3 Å². The Morgan fingerprint density at radius 3 is 2.33 bits per heavy atom. The van der Waals surface area contributed by atoms with Crippen LogP contribution in [0.2, 0.25) is 0 Å². The molecular weight excluding hydrogens is 292 g/mol. The Hall–Kier alpha value is -1.63. The van der Waals surface area contributed by atoms with Gasteiger partial charge in [0.25, 0.3) is 0 Å². The summed E-state index contributed by atoms with van der Waals surface area (Å²) in [6, 6.07) is 4.58. The zero-order valence-electron chi connectivity index (χ0n) is 12.0. The van der Waals surface area contributed by atoms with Gasteiger partial charge in [-0.25, -0.2) is 8.42 Å². The number of anilines is 1. The van der Waals surface area contributed by atoms with Crippen molar-refractivity contribution >= 4 is 21.2 Å². The zero-order chi connectivity index (χ0) is 15.5. The normalized spacial score (nSPS) is 17.2. The number of hydrogen-bond donors (Lipinski definition) is 1. The number of nitro groups is 1. The summed E-state index contributed by atoms with van der Waals surface area (Å²) >= 11 is 0. The molecule has 1 N–H and O–H groups in total. The van der Waals surface area contributed by atoms with Crippen LogP contribution in [0.25, 0.3) is 0 Å². The van der Waals surface area contributed by atoms with Crippen LogP contribution in [0.3, 0.4) is 0 Å². The molecule has 1 saturated carbocycles. The summed E-state index contributed by atoms with van der Waals surface area (Å²) < 4.78 is 23.5. The second-order valence-electron chi connectivity index (χ2n) is 5.51. The van der Waals surface area contributed by atoms with E-state index in [0.717, 1.165) is 31.9 Å². The molecule has 0 heterocycles. The molecule has 6 nitrogen and oxygen atoms in total. The largest absolute Gasteiger partial charge is 0.377 e. The van der Waals surface area contributed by atoms with Crippen LogP contribution in [0.1, 0.15) is 38.5 Å². The number of benzene rings is 1. The molecule has 0 aliphatic heterocycles. The average Bonchev–Trinajstić information content (AvgIpc) is 2.66. The van der Waals surface area contributed by atoms with E-state index in [2.05, 4.69) is 5.32 Å². The molecule has 0 spiro atoms. The van der Waals surface area contributed by atoms with E-state index in [9.17, 15) is 18.5 Å². The van der Waals surface area contributed by atoms with Gasteiger partial charge in [-0.2, -0.15) is 0 Å².